The van der Waals surface area contributed by atoms with Gasteiger partial charge >= 0.3 is 6.36 Å². The van der Waals surface area contributed by atoms with E-state index in [-0.39, 0.29) is 5.75 Å². The molecule has 26 heavy (non-hydrogen) atoms. The van der Waals surface area contributed by atoms with Gasteiger partial charge in [-0.3, -0.25) is 0 Å². The molecule has 146 valence electrons. The van der Waals surface area contributed by atoms with Crippen molar-refractivity contribution in [2.24, 2.45) is 23.7 Å². The predicted octanol–water partition coefficient (Wildman–Crippen LogP) is 7.15. The maximum absolute atomic E-state index is 12.2. The Hall–Kier alpha value is -1.19. The number of ether oxygens (including phenoxy) is 1. The molecule has 0 unspecified atom stereocenters. The zero-order valence-electron chi connectivity index (χ0n) is 15.7. The van der Waals surface area contributed by atoms with Gasteiger partial charge in [0, 0.05) is 0 Å². The third-order valence-electron chi connectivity index (χ3n) is 6.45. The highest BCUT2D eigenvalue weighted by Crippen LogP contribution is 2.39. The van der Waals surface area contributed by atoms with Crippen LogP contribution in [-0.4, -0.2) is 6.36 Å². The summed E-state index contributed by atoms with van der Waals surface area (Å²) in [7, 11) is 0. The molecule has 1 aromatic carbocycles. The number of rotatable bonds is 5. The minimum absolute atomic E-state index is 0.133. The van der Waals surface area contributed by atoms with Crippen LogP contribution in [0.2, 0.25) is 0 Å². The fourth-order valence-electron chi connectivity index (χ4n) is 4.87. The van der Waals surface area contributed by atoms with Gasteiger partial charge in [-0.1, -0.05) is 57.6 Å². The Morgan fingerprint density at radius 1 is 0.808 bits per heavy atom. The number of halogens is 3. The van der Waals surface area contributed by atoms with Crippen LogP contribution in [0.3, 0.4) is 0 Å². The van der Waals surface area contributed by atoms with Crippen LogP contribution < -0.4 is 4.74 Å². The van der Waals surface area contributed by atoms with E-state index >= 15 is 0 Å². The molecule has 0 bridgehead atoms. The molecule has 0 radical (unpaired) electrons. The molecule has 1 nitrogen and oxygen atoms in total. The standard InChI is InChI=1S/C22H31F3O/c1-16-2-4-17(5-3-16)14-18-6-8-19(9-7-18)15-20-10-12-21(13-11-20)26-22(23,24)25/h10-13,16-19H,2-9,14-15H2,1H3. The van der Waals surface area contributed by atoms with Gasteiger partial charge in [-0.15, -0.1) is 13.2 Å². The summed E-state index contributed by atoms with van der Waals surface area (Å²) in [4.78, 5) is 0. The van der Waals surface area contributed by atoms with Crippen LogP contribution in [0.4, 0.5) is 13.2 Å². The smallest absolute Gasteiger partial charge is 0.406 e. The first-order valence-corrected chi connectivity index (χ1v) is 10.2. The van der Waals surface area contributed by atoms with Crippen LogP contribution in [-0.2, 0) is 6.42 Å². The van der Waals surface area contributed by atoms with Crippen molar-refractivity contribution in [1.29, 1.82) is 0 Å². The first kappa shape index (κ1) is 19.6. The molecule has 0 amide bonds. The Kier molecular flexibility index (Phi) is 6.52. The normalized spacial score (nSPS) is 30.2. The molecule has 0 heterocycles. The Labute approximate surface area is 155 Å². The van der Waals surface area contributed by atoms with E-state index in [1.807, 2.05) is 0 Å². The predicted molar refractivity (Wildman–Crippen MR) is 98.0 cm³/mol. The van der Waals surface area contributed by atoms with Gasteiger partial charge in [-0.05, 0) is 67.1 Å². The highest BCUT2D eigenvalue weighted by molar-refractivity contribution is 5.27. The second kappa shape index (κ2) is 8.67. The van der Waals surface area contributed by atoms with Crippen molar-refractivity contribution in [3.63, 3.8) is 0 Å². The molecular formula is C22H31F3O. The van der Waals surface area contributed by atoms with E-state index in [1.165, 1.54) is 69.9 Å². The lowest BCUT2D eigenvalue weighted by Gasteiger charge is -2.33. The monoisotopic (exact) mass is 368 g/mol. The second-order valence-electron chi connectivity index (χ2n) is 8.64. The molecule has 2 aliphatic carbocycles. The Morgan fingerprint density at radius 3 is 1.85 bits per heavy atom. The first-order chi connectivity index (χ1) is 12.4. The summed E-state index contributed by atoms with van der Waals surface area (Å²) in [6.45, 7) is 2.38. The number of hydrogen-bond donors (Lipinski definition) is 0. The fraction of sp³-hybridized carbons (Fsp3) is 0.727. The molecule has 0 saturated heterocycles. The topological polar surface area (TPSA) is 9.23 Å². The molecule has 2 saturated carbocycles. The van der Waals surface area contributed by atoms with Gasteiger partial charge in [-0.25, -0.2) is 0 Å². The van der Waals surface area contributed by atoms with Crippen LogP contribution in [0, 0.1) is 23.7 Å². The third-order valence-corrected chi connectivity index (χ3v) is 6.45. The number of hydrogen-bond acceptors (Lipinski definition) is 1. The van der Waals surface area contributed by atoms with Crippen molar-refractivity contribution >= 4 is 0 Å². The van der Waals surface area contributed by atoms with Gasteiger partial charge in [0.15, 0.2) is 0 Å². The minimum Gasteiger partial charge on any atom is -0.406 e. The van der Waals surface area contributed by atoms with Gasteiger partial charge in [0.1, 0.15) is 5.75 Å². The van der Waals surface area contributed by atoms with E-state index in [0.717, 1.165) is 29.7 Å². The fourth-order valence-corrected chi connectivity index (χ4v) is 4.87. The number of alkyl halides is 3. The van der Waals surface area contributed by atoms with Gasteiger partial charge < -0.3 is 4.74 Å². The number of benzene rings is 1. The maximum atomic E-state index is 12.2. The summed E-state index contributed by atoms with van der Waals surface area (Å²) >= 11 is 0. The zero-order chi connectivity index (χ0) is 18.6. The highest BCUT2D eigenvalue weighted by atomic mass is 19.4. The molecule has 0 atom stereocenters. The van der Waals surface area contributed by atoms with Crippen molar-refractivity contribution in [3.05, 3.63) is 29.8 Å². The minimum atomic E-state index is -4.61. The average Bonchev–Trinajstić information content (AvgIpc) is 2.59. The Bertz CT molecular complexity index is 536. The van der Waals surface area contributed by atoms with Crippen molar-refractivity contribution in [2.75, 3.05) is 0 Å². The third kappa shape index (κ3) is 6.21. The van der Waals surface area contributed by atoms with Crippen LogP contribution >= 0.6 is 0 Å². The molecule has 2 fully saturated rings. The van der Waals surface area contributed by atoms with Crippen LogP contribution in [0.15, 0.2) is 24.3 Å². The maximum Gasteiger partial charge on any atom is 0.573 e. The Morgan fingerprint density at radius 2 is 1.31 bits per heavy atom. The van der Waals surface area contributed by atoms with Gasteiger partial charge in [0.2, 0.25) is 0 Å². The van der Waals surface area contributed by atoms with Crippen molar-refractivity contribution in [2.45, 2.75) is 77.5 Å². The van der Waals surface area contributed by atoms with Gasteiger partial charge in [0.25, 0.3) is 0 Å². The summed E-state index contributed by atoms with van der Waals surface area (Å²) in [6, 6.07) is 6.41. The SMILES string of the molecule is CC1CCC(CC2CCC(Cc3ccc(OC(F)(F)F)cc3)CC2)CC1. The first-order valence-electron chi connectivity index (χ1n) is 10.2. The molecule has 4 heteroatoms. The lowest BCUT2D eigenvalue weighted by Crippen LogP contribution is -2.21. The highest BCUT2D eigenvalue weighted by Gasteiger charge is 2.31. The summed E-state index contributed by atoms with van der Waals surface area (Å²) in [5.41, 5.74) is 1.12. The van der Waals surface area contributed by atoms with E-state index < -0.39 is 6.36 Å². The molecule has 0 aromatic heterocycles. The zero-order valence-corrected chi connectivity index (χ0v) is 15.7. The lowest BCUT2D eigenvalue weighted by atomic mass is 9.72. The molecule has 1 aromatic rings. The van der Waals surface area contributed by atoms with E-state index in [0.29, 0.717) is 5.92 Å². The van der Waals surface area contributed by atoms with E-state index in [9.17, 15) is 13.2 Å². The lowest BCUT2D eigenvalue weighted by molar-refractivity contribution is -0.274. The van der Waals surface area contributed by atoms with Crippen molar-refractivity contribution in [3.8, 4) is 5.75 Å². The van der Waals surface area contributed by atoms with Gasteiger partial charge in [-0.2, -0.15) is 0 Å². The van der Waals surface area contributed by atoms with Crippen molar-refractivity contribution in [1.82, 2.24) is 0 Å². The Balaban J connectivity index is 1.40. The molecular weight excluding hydrogens is 337 g/mol. The van der Waals surface area contributed by atoms with Crippen LogP contribution in [0.5, 0.6) is 5.75 Å². The average molecular weight is 368 g/mol. The summed E-state index contributed by atoms with van der Waals surface area (Å²) in [6.07, 6.45) is 8.61. The van der Waals surface area contributed by atoms with Gasteiger partial charge in [0.05, 0.1) is 0 Å². The van der Waals surface area contributed by atoms with Crippen LogP contribution in [0.25, 0.3) is 0 Å². The van der Waals surface area contributed by atoms with E-state index in [4.69, 9.17) is 0 Å². The largest absolute Gasteiger partial charge is 0.573 e. The van der Waals surface area contributed by atoms with E-state index in [2.05, 4.69) is 11.7 Å². The van der Waals surface area contributed by atoms with Crippen molar-refractivity contribution < 1.29 is 17.9 Å². The summed E-state index contributed by atoms with van der Waals surface area (Å²) < 4.78 is 40.6. The molecule has 0 spiro atoms. The van der Waals surface area contributed by atoms with E-state index in [1.54, 1.807) is 12.1 Å². The molecule has 3 rings (SSSR count). The molecule has 0 N–H and O–H groups in total. The van der Waals surface area contributed by atoms with Crippen LogP contribution in [0.1, 0.15) is 70.3 Å². The summed E-state index contributed by atoms with van der Waals surface area (Å²) in [5, 5.41) is 0. The quantitative estimate of drug-likeness (QED) is 0.536. The molecule has 2 aliphatic rings. The second-order valence-corrected chi connectivity index (χ2v) is 8.64. The summed E-state index contributed by atoms with van der Waals surface area (Å²) in [5.74, 6) is 3.31. The molecule has 0 aliphatic heterocycles.